The Hall–Kier alpha value is -2.09. The number of ether oxygens (including phenoxy) is 2. The zero-order valence-electron chi connectivity index (χ0n) is 20.4. The predicted octanol–water partition coefficient (Wildman–Crippen LogP) is 4.39. The largest absolute Gasteiger partial charge is 0.496 e. The summed E-state index contributed by atoms with van der Waals surface area (Å²) in [6.45, 7) is 3.42. The standard InChI is InChI=1S/C27H35N3O3S.ClH/c1-32-25-18-22(33-21-10-14-28-15-11-21)7-8-23(25)27(31)29-16-12-20(13-17-29)30-24-5-3-2-4-19(24)6-9-26(30)34;/h2-5,7-8,18-21,24,28H,6,9-17H2,1H3;1H. The Bertz CT molecular complexity index is 970. The fourth-order valence-electron chi connectivity index (χ4n) is 5.78. The van der Waals surface area contributed by atoms with Crippen molar-refractivity contribution in [3.05, 3.63) is 48.1 Å². The summed E-state index contributed by atoms with van der Waals surface area (Å²) in [4.78, 5) is 18.9. The first-order valence-corrected chi connectivity index (χ1v) is 13.1. The zero-order valence-corrected chi connectivity index (χ0v) is 22.0. The molecule has 5 rings (SSSR count). The van der Waals surface area contributed by atoms with Crippen LogP contribution in [0.2, 0.25) is 0 Å². The van der Waals surface area contributed by atoms with Crippen LogP contribution in [0.15, 0.2) is 42.5 Å². The average Bonchev–Trinajstić information content (AvgIpc) is 2.89. The van der Waals surface area contributed by atoms with Gasteiger partial charge in [0, 0.05) is 31.1 Å². The van der Waals surface area contributed by atoms with E-state index in [-0.39, 0.29) is 24.4 Å². The molecule has 6 nitrogen and oxygen atoms in total. The first kappa shape index (κ1) is 26.0. The van der Waals surface area contributed by atoms with Crippen LogP contribution in [0.5, 0.6) is 11.5 Å². The number of nitrogens with one attached hydrogen (secondary N) is 1. The van der Waals surface area contributed by atoms with Gasteiger partial charge in [0.2, 0.25) is 0 Å². The lowest BCUT2D eigenvalue weighted by Crippen LogP contribution is -2.55. The molecule has 35 heavy (non-hydrogen) atoms. The normalized spacial score (nSPS) is 25.1. The highest BCUT2D eigenvalue weighted by Gasteiger charge is 2.38. The number of likely N-dealkylation sites (tertiary alicyclic amines) is 2. The van der Waals surface area contributed by atoms with Crippen molar-refractivity contribution in [2.45, 2.75) is 56.7 Å². The third kappa shape index (κ3) is 5.68. The number of benzene rings is 1. The molecule has 2 unspecified atom stereocenters. The van der Waals surface area contributed by atoms with Crippen LogP contribution in [-0.2, 0) is 0 Å². The van der Waals surface area contributed by atoms with Gasteiger partial charge in [-0.1, -0.05) is 36.5 Å². The summed E-state index contributed by atoms with van der Waals surface area (Å²) in [5.41, 5.74) is 0.604. The van der Waals surface area contributed by atoms with E-state index in [1.165, 1.54) is 0 Å². The molecular formula is C27H36ClN3O3S. The topological polar surface area (TPSA) is 54.0 Å². The highest BCUT2D eigenvalue weighted by Crippen LogP contribution is 2.34. The fraction of sp³-hybridized carbons (Fsp3) is 0.556. The number of amides is 1. The molecule has 1 aliphatic carbocycles. The molecule has 1 N–H and O–H groups in total. The Balaban J connectivity index is 0.00000289. The van der Waals surface area contributed by atoms with Gasteiger partial charge in [-0.15, -0.1) is 12.4 Å². The molecular weight excluding hydrogens is 482 g/mol. The second-order valence-corrected chi connectivity index (χ2v) is 10.2. The number of carbonyl (C=O) groups is 1. The molecule has 2 atom stereocenters. The molecule has 0 saturated carbocycles. The Morgan fingerprint density at radius 1 is 1.06 bits per heavy atom. The molecule has 0 spiro atoms. The molecule has 1 amide bonds. The maximum atomic E-state index is 13.4. The van der Waals surface area contributed by atoms with Crippen molar-refractivity contribution in [2.24, 2.45) is 5.92 Å². The number of rotatable bonds is 5. The van der Waals surface area contributed by atoms with Crippen molar-refractivity contribution in [3.8, 4) is 11.5 Å². The molecule has 3 aliphatic heterocycles. The molecule has 3 saturated heterocycles. The Morgan fingerprint density at radius 2 is 1.80 bits per heavy atom. The van der Waals surface area contributed by atoms with Gasteiger partial charge in [0.25, 0.3) is 5.91 Å². The van der Waals surface area contributed by atoms with Gasteiger partial charge in [0.15, 0.2) is 0 Å². The molecule has 3 heterocycles. The van der Waals surface area contributed by atoms with Gasteiger partial charge in [-0.05, 0) is 63.7 Å². The fourth-order valence-corrected chi connectivity index (χ4v) is 6.17. The van der Waals surface area contributed by atoms with E-state index in [1.807, 2.05) is 23.1 Å². The van der Waals surface area contributed by atoms with Crippen LogP contribution >= 0.6 is 24.6 Å². The number of nitrogens with zero attached hydrogens (tertiary/aromatic N) is 2. The SMILES string of the molecule is COc1cc(OC2CCNCC2)ccc1C(=O)N1CCC(N2C(=S)CCC3C=CC=CC32)CC1.Cl. The first-order chi connectivity index (χ1) is 16.6. The number of methoxy groups -OCH3 is 1. The van der Waals surface area contributed by atoms with Crippen LogP contribution in [0.4, 0.5) is 0 Å². The quantitative estimate of drug-likeness (QED) is 0.585. The monoisotopic (exact) mass is 517 g/mol. The summed E-state index contributed by atoms with van der Waals surface area (Å²) in [5.74, 6) is 1.93. The van der Waals surface area contributed by atoms with Crippen LogP contribution < -0.4 is 14.8 Å². The van der Waals surface area contributed by atoms with E-state index < -0.39 is 0 Å². The van der Waals surface area contributed by atoms with Crippen LogP contribution in [-0.4, -0.2) is 72.2 Å². The maximum Gasteiger partial charge on any atom is 0.257 e. The molecule has 1 aromatic carbocycles. The summed E-state index contributed by atoms with van der Waals surface area (Å²) in [7, 11) is 1.62. The van der Waals surface area contributed by atoms with Gasteiger partial charge in [0.1, 0.15) is 17.6 Å². The van der Waals surface area contributed by atoms with Gasteiger partial charge in [-0.2, -0.15) is 0 Å². The first-order valence-electron chi connectivity index (χ1n) is 12.6. The second kappa shape index (κ2) is 11.8. The molecule has 1 aromatic rings. The minimum atomic E-state index is 0. The van der Waals surface area contributed by atoms with Crippen molar-refractivity contribution in [2.75, 3.05) is 33.3 Å². The maximum absolute atomic E-state index is 13.4. The summed E-state index contributed by atoms with van der Waals surface area (Å²) in [6.07, 6.45) is 15.1. The van der Waals surface area contributed by atoms with Gasteiger partial charge >= 0.3 is 0 Å². The molecule has 0 bridgehead atoms. The Kier molecular flexibility index (Phi) is 8.73. The van der Waals surface area contributed by atoms with Crippen molar-refractivity contribution < 1.29 is 14.3 Å². The van der Waals surface area contributed by atoms with E-state index in [0.29, 0.717) is 29.3 Å². The number of hydrogen-bond donors (Lipinski definition) is 1. The van der Waals surface area contributed by atoms with Gasteiger partial charge in [-0.25, -0.2) is 0 Å². The number of thiocarbonyl (C=S) groups is 1. The summed E-state index contributed by atoms with van der Waals surface area (Å²) in [5, 5.41) is 3.35. The van der Waals surface area contributed by atoms with Gasteiger partial charge in [0.05, 0.1) is 23.7 Å². The van der Waals surface area contributed by atoms with Crippen LogP contribution in [0.25, 0.3) is 0 Å². The number of allylic oxidation sites excluding steroid dienone is 2. The number of hydrogen-bond acceptors (Lipinski definition) is 5. The summed E-state index contributed by atoms with van der Waals surface area (Å²) in [6, 6.07) is 6.37. The molecule has 4 aliphatic rings. The molecule has 3 fully saturated rings. The smallest absolute Gasteiger partial charge is 0.257 e. The van der Waals surface area contributed by atoms with Gasteiger partial charge < -0.3 is 24.6 Å². The van der Waals surface area contributed by atoms with E-state index >= 15 is 0 Å². The van der Waals surface area contributed by atoms with E-state index in [0.717, 1.165) is 75.4 Å². The van der Waals surface area contributed by atoms with Crippen molar-refractivity contribution in [3.63, 3.8) is 0 Å². The third-order valence-electron chi connectivity index (χ3n) is 7.65. The lowest BCUT2D eigenvalue weighted by Gasteiger charge is -2.48. The molecule has 190 valence electrons. The van der Waals surface area contributed by atoms with Crippen molar-refractivity contribution in [1.82, 2.24) is 15.1 Å². The second-order valence-electron chi connectivity index (χ2n) is 9.72. The zero-order chi connectivity index (χ0) is 23.5. The van der Waals surface area contributed by atoms with E-state index in [4.69, 9.17) is 21.7 Å². The summed E-state index contributed by atoms with van der Waals surface area (Å²) >= 11 is 5.79. The minimum Gasteiger partial charge on any atom is -0.496 e. The minimum absolute atomic E-state index is 0. The van der Waals surface area contributed by atoms with Crippen LogP contribution in [0.3, 0.4) is 0 Å². The number of carbonyl (C=O) groups excluding carboxylic acids is 1. The summed E-state index contributed by atoms with van der Waals surface area (Å²) < 4.78 is 11.7. The molecule has 0 radical (unpaired) electrons. The Labute approximate surface area is 220 Å². The van der Waals surface area contributed by atoms with Crippen LogP contribution in [0, 0.1) is 5.92 Å². The number of halogens is 1. The average molecular weight is 518 g/mol. The van der Waals surface area contributed by atoms with E-state index in [2.05, 4.69) is 34.5 Å². The number of piperidine rings is 3. The van der Waals surface area contributed by atoms with E-state index in [1.54, 1.807) is 7.11 Å². The lowest BCUT2D eigenvalue weighted by atomic mass is 9.84. The third-order valence-corrected chi connectivity index (χ3v) is 8.07. The van der Waals surface area contributed by atoms with Crippen molar-refractivity contribution in [1.29, 1.82) is 0 Å². The lowest BCUT2D eigenvalue weighted by molar-refractivity contribution is 0.0638. The predicted molar refractivity (Wildman–Crippen MR) is 145 cm³/mol. The molecule has 0 aromatic heterocycles. The highest BCUT2D eigenvalue weighted by atomic mass is 35.5. The number of fused-ring (bicyclic) bond motifs is 1. The highest BCUT2D eigenvalue weighted by molar-refractivity contribution is 7.80. The van der Waals surface area contributed by atoms with Crippen LogP contribution in [0.1, 0.15) is 48.9 Å². The van der Waals surface area contributed by atoms with Crippen molar-refractivity contribution >= 4 is 35.5 Å². The Morgan fingerprint density at radius 3 is 2.54 bits per heavy atom. The van der Waals surface area contributed by atoms with E-state index in [9.17, 15) is 4.79 Å². The van der Waals surface area contributed by atoms with Gasteiger partial charge in [-0.3, -0.25) is 4.79 Å². The molecule has 8 heteroatoms.